The first-order valence-corrected chi connectivity index (χ1v) is 8.90. The summed E-state index contributed by atoms with van der Waals surface area (Å²) < 4.78 is 0. The second kappa shape index (κ2) is 8.28. The van der Waals surface area contributed by atoms with Crippen LogP contribution in [-0.2, 0) is 4.79 Å². The van der Waals surface area contributed by atoms with Gasteiger partial charge in [-0.1, -0.05) is 60.7 Å². The summed E-state index contributed by atoms with van der Waals surface area (Å²) in [6.07, 6.45) is 0.696. The molecule has 1 N–H and O–H groups in total. The molecule has 1 saturated heterocycles. The van der Waals surface area contributed by atoms with Crippen molar-refractivity contribution >= 4 is 5.91 Å². The van der Waals surface area contributed by atoms with E-state index in [4.69, 9.17) is 0 Å². The van der Waals surface area contributed by atoms with Crippen LogP contribution < -0.4 is 0 Å². The maximum atomic E-state index is 13.4. The quantitative estimate of drug-likeness (QED) is 0.910. The minimum absolute atomic E-state index is 0.147. The van der Waals surface area contributed by atoms with Gasteiger partial charge in [-0.15, -0.1) is 0 Å². The summed E-state index contributed by atoms with van der Waals surface area (Å²) in [7, 11) is 2.06. The van der Waals surface area contributed by atoms with E-state index in [-0.39, 0.29) is 24.5 Å². The molecule has 0 radical (unpaired) electrons. The van der Waals surface area contributed by atoms with E-state index in [2.05, 4.69) is 11.9 Å². The van der Waals surface area contributed by atoms with E-state index < -0.39 is 0 Å². The molecule has 0 aromatic heterocycles. The molecule has 2 aromatic rings. The topological polar surface area (TPSA) is 43.8 Å². The average molecular weight is 338 g/mol. The van der Waals surface area contributed by atoms with Crippen molar-refractivity contribution in [2.45, 2.75) is 18.4 Å². The Labute approximate surface area is 149 Å². The third-order valence-electron chi connectivity index (χ3n) is 5.06. The SMILES string of the molecule is CN1CCN(C(=O)C(c2ccccc2)c2ccccc2)CC1CCO. The number of nitrogens with zero attached hydrogens (tertiary/aromatic N) is 2. The molecule has 2 aromatic carbocycles. The van der Waals surface area contributed by atoms with Gasteiger partial charge in [-0.05, 0) is 24.6 Å². The molecule has 4 heteroatoms. The maximum Gasteiger partial charge on any atom is 0.234 e. The van der Waals surface area contributed by atoms with Crippen molar-refractivity contribution in [2.24, 2.45) is 0 Å². The second-order valence-electron chi connectivity index (χ2n) is 6.69. The van der Waals surface area contributed by atoms with Crippen molar-refractivity contribution in [3.8, 4) is 0 Å². The fraction of sp³-hybridized carbons (Fsp3) is 0.381. The molecule has 1 aliphatic rings. The van der Waals surface area contributed by atoms with E-state index in [1.165, 1.54) is 0 Å². The number of carbonyl (C=O) groups is 1. The van der Waals surface area contributed by atoms with Gasteiger partial charge < -0.3 is 10.0 Å². The van der Waals surface area contributed by atoms with Gasteiger partial charge in [-0.25, -0.2) is 0 Å². The number of rotatable bonds is 5. The van der Waals surface area contributed by atoms with Crippen LogP contribution in [0.1, 0.15) is 23.5 Å². The van der Waals surface area contributed by atoms with Crippen molar-refractivity contribution in [3.05, 3.63) is 71.8 Å². The Hall–Kier alpha value is -2.17. The molecular formula is C21H26N2O2. The molecule has 4 nitrogen and oxygen atoms in total. The molecule has 1 fully saturated rings. The largest absolute Gasteiger partial charge is 0.396 e. The lowest BCUT2D eigenvalue weighted by molar-refractivity contribution is -0.134. The zero-order valence-corrected chi connectivity index (χ0v) is 14.7. The predicted molar refractivity (Wildman–Crippen MR) is 99.4 cm³/mol. The van der Waals surface area contributed by atoms with Gasteiger partial charge in [0.1, 0.15) is 0 Å². The predicted octanol–water partition coefficient (Wildman–Crippen LogP) is 2.34. The third kappa shape index (κ3) is 4.09. The summed E-state index contributed by atoms with van der Waals surface area (Å²) in [5.41, 5.74) is 2.05. The highest BCUT2D eigenvalue weighted by molar-refractivity contribution is 5.87. The molecule has 1 atom stereocenters. The van der Waals surface area contributed by atoms with Crippen LogP contribution in [0.4, 0.5) is 0 Å². The zero-order chi connectivity index (χ0) is 17.6. The summed E-state index contributed by atoms with van der Waals surface area (Å²) in [6.45, 7) is 2.39. The van der Waals surface area contributed by atoms with Gasteiger partial charge in [0.15, 0.2) is 0 Å². The monoisotopic (exact) mass is 338 g/mol. The summed E-state index contributed by atoms with van der Waals surface area (Å²) in [5.74, 6) is -0.131. The highest BCUT2D eigenvalue weighted by Gasteiger charge is 2.32. The molecule has 0 bridgehead atoms. The Morgan fingerprint density at radius 1 is 1.04 bits per heavy atom. The molecule has 0 aliphatic carbocycles. The lowest BCUT2D eigenvalue weighted by Gasteiger charge is -2.40. The number of aliphatic hydroxyl groups is 1. The van der Waals surface area contributed by atoms with Crippen molar-refractivity contribution in [1.82, 2.24) is 9.80 Å². The van der Waals surface area contributed by atoms with Crippen LogP contribution in [0.5, 0.6) is 0 Å². The highest BCUT2D eigenvalue weighted by atomic mass is 16.3. The first-order chi connectivity index (χ1) is 12.2. The number of aliphatic hydroxyl groups excluding tert-OH is 1. The first-order valence-electron chi connectivity index (χ1n) is 8.90. The Morgan fingerprint density at radius 3 is 2.12 bits per heavy atom. The molecule has 3 rings (SSSR count). The van der Waals surface area contributed by atoms with E-state index in [1.807, 2.05) is 65.6 Å². The Bertz CT molecular complexity index is 635. The number of amides is 1. The van der Waals surface area contributed by atoms with Gasteiger partial charge in [0.25, 0.3) is 0 Å². The lowest BCUT2D eigenvalue weighted by Crippen LogP contribution is -2.54. The Morgan fingerprint density at radius 2 is 1.60 bits per heavy atom. The van der Waals surface area contributed by atoms with Crippen molar-refractivity contribution < 1.29 is 9.90 Å². The number of hydrogen-bond donors (Lipinski definition) is 1. The zero-order valence-electron chi connectivity index (χ0n) is 14.7. The highest BCUT2D eigenvalue weighted by Crippen LogP contribution is 2.28. The van der Waals surface area contributed by atoms with Crippen molar-refractivity contribution in [3.63, 3.8) is 0 Å². The molecule has 1 unspecified atom stereocenters. The van der Waals surface area contributed by atoms with E-state index in [0.717, 1.165) is 24.2 Å². The number of hydrogen-bond acceptors (Lipinski definition) is 3. The molecular weight excluding hydrogens is 312 g/mol. The minimum atomic E-state index is -0.277. The van der Waals surface area contributed by atoms with Crippen LogP contribution in [0.3, 0.4) is 0 Å². The van der Waals surface area contributed by atoms with Crippen LogP contribution in [0.2, 0.25) is 0 Å². The molecule has 25 heavy (non-hydrogen) atoms. The van der Waals surface area contributed by atoms with E-state index >= 15 is 0 Å². The summed E-state index contributed by atoms with van der Waals surface area (Å²) in [5, 5.41) is 9.30. The van der Waals surface area contributed by atoms with Crippen molar-refractivity contribution in [1.29, 1.82) is 0 Å². The molecule has 1 aliphatic heterocycles. The summed E-state index contributed by atoms with van der Waals surface area (Å²) in [6, 6.07) is 20.2. The minimum Gasteiger partial charge on any atom is -0.396 e. The second-order valence-corrected chi connectivity index (χ2v) is 6.69. The van der Waals surface area contributed by atoms with Gasteiger partial charge in [-0.2, -0.15) is 0 Å². The molecule has 0 spiro atoms. The average Bonchev–Trinajstić information content (AvgIpc) is 2.65. The fourth-order valence-electron chi connectivity index (χ4n) is 3.56. The molecule has 1 amide bonds. The Kier molecular flexibility index (Phi) is 5.84. The first kappa shape index (κ1) is 17.6. The van der Waals surface area contributed by atoms with Gasteiger partial charge >= 0.3 is 0 Å². The number of piperazine rings is 1. The summed E-state index contributed by atoms with van der Waals surface area (Å²) >= 11 is 0. The third-order valence-corrected chi connectivity index (χ3v) is 5.06. The van der Waals surface area contributed by atoms with Gasteiger partial charge in [0.2, 0.25) is 5.91 Å². The molecule has 1 heterocycles. The van der Waals surface area contributed by atoms with Gasteiger partial charge in [0, 0.05) is 32.3 Å². The van der Waals surface area contributed by atoms with E-state index in [9.17, 15) is 9.90 Å². The van der Waals surface area contributed by atoms with E-state index in [0.29, 0.717) is 13.0 Å². The standard InChI is InChI=1S/C21H26N2O2/c1-22-13-14-23(16-19(22)12-15-24)21(25)20(17-8-4-2-5-9-17)18-10-6-3-7-11-18/h2-11,19-20,24H,12-16H2,1H3. The van der Waals surface area contributed by atoms with Crippen molar-refractivity contribution in [2.75, 3.05) is 33.3 Å². The van der Waals surface area contributed by atoms with Crippen LogP contribution in [0, 0.1) is 0 Å². The number of carbonyl (C=O) groups excluding carboxylic acids is 1. The van der Waals surface area contributed by atoms with E-state index in [1.54, 1.807) is 0 Å². The van der Waals surface area contributed by atoms with Gasteiger partial charge in [-0.3, -0.25) is 9.69 Å². The summed E-state index contributed by atoms with van der Waals surface area (Å²) in [4.78, 5) is 17.6. The smallest absolute Gasteiger partial charge is 0.234 e. The lowest BCUT2D eigenvalue weighted by atomic mass is 9.89. The number of benzene rings is 2. The number of likely N-dealkylation sites (N-methyl/N-ethyl adjacent to an activating group) is 1. The van der Waals surface area contributed by atoms with Crippen LogP contribution in [0.25, 0.3) is 0 Å². The van der Waals surface area contributed by atoms with Gasteiger partial charge in [0.05, 0.1) is 5.92 Å². The maximum absolute atomic E-state index is 13.4. The van der Waals surface area contributed by atoms with Crippen LogP contribution >= 0.6 is 0 Å². The molecule has 132 valence electrons. The Balaban J connectivity index is 1.87. The van der Waals surface area contributed by atoms with Crippen LogP contribution in [-0.4, -0.2) is 60.1 Å². The fourth-order valence-corrected chi connectivity index (χ4v) is 3.56. The normalized spacial score (nSPS) is 18.5. The van der Waals surface area contributed by atoms with Crippen LogP contribution in [0.15, 0.2) is 60.7 Å². The molecule has 0 saturated carbocycles.